The minimum atomic E-state index is -0.551. The molecule has 8 nitrogen and oxygen atoms in total. The van der Waals surface area contributed by atoms with Gasteiger partial charge in [-0.1, -0.05) is 11.8 Å². The first kappa shape index (κ1) is 15.1. The summed E-state index contributed by atoms with van der Waals surface area (Å²) in [5.74, 6) is 0.0870. The van der Waals surface area contributed by atoms with Gasteiger partial charge in [-0.3, -0.25) is 4.79 Å². The number of amides is 1. The highest BCUT2D eigenvalue weighted by atomic mass is 32.2. The number of carbonyl (C=O) groups is 2. The maximum atomic E-state index is 11.7. The number of nitrogens with zero attached hydrogens (tertiary/aromatic N) is 3. The summed E-state index contributed by atoms with van der Waals surface area (Å²) >= 11 is 1.28. The van der Waals surface area contributed by atoms with Crippen LogP contribution in [0.3, 0.4) is 0 Å². The average molecular weight is 310 g/mol. The Bertz CT molecular complexity index is 637. The molecular weight excluding hydrogens is 296 g/mol. The lowest BCUT2D eigenvalue weighted by Crippen LogP contribution is -2.24. The molecule has 0 bridgehead atoms. The van der Waals surface area contributed by atoms with E-state index in [-0.39, 0.29) is 24.0 Å². The number of thioether (sulfide) groups is 1. The van der Waals surface area contributed by atoms with Crippen molar-refractivity contribution in [1.29, 1.82) is 0 Å². The number of methoxy groups -OCH3 is 1. The van der Waals surface area contributed by atoms with E-state index >= 15 is 0 Å². The summed E-state index contributed by atoms with van der Waals surface area (Å²) < 4.78 is 11.5. The van der Waals surface area contributed by atoms with Crippen LogP contribution in [0.5, 0.6) is 0 Å². The molecule has 0 unspecified atom stereocenters. The van der Waals surface area contributed by atoms with Crippen LogP contribution >= 0.6 is 11.8 Å². The number of rotatable bonds is 6. The third-order valence-electron chi connectivity index (χ3n) is 2.51. The number of hydrogen-bond acceptors (Lipinski definition) is 7. The van der Waals surface area contributed by atoms with Crippen molar-refractivity contribution in [3.05, 3.63) is 30.0 Å². The number of nitrogens with one attached hydrogen (secondary N) is 1. The Hall–Kier alpha value is -2.29. The summed E-state index contributed by atoms with van der Waals surface area (Å²) in [5, 5.41) is 10.9. The molecule has 2 aromatic rings. The zero-order chi connectivity index (χ0) is 15.2. The number of furan rings is 1. The second kappa shape index (κ2) is 6.93. The molecule has 0 radical (unpaired) electrons. The van der Waals surface area contributed by atoms with Crippen LogP contribution in [0, 0.1) is 0 Å². The SMILES string of the molecule is COC(=O)c1ccc(CNC(=O)CSc2nncn2C)o1. The fraction of sp³-hybridized carbons (Fsp3) is 0.333. The second-order valence-corrected chi connectivity index (χ2v) is 4.99. The molecule has 21 heavy (non-hydrogen) atoms. The second-order valence-electron chi connectivity index (χ2n) is 4.05. The maximum absolute atomic E-state index is 11.7. The maximum Gasteiger partial charge on any atom is 0.373 e. The summed E-state index contributed by atoms with van der Waals surface area (Å²) in [6, 6.07) is 3.12. The van der Waals surface area contributed by atoms with Gasteiger partial charge in [0.05, 0.1) is 19.4 Å². The molecule has 0 aliphatic carbocycles. The van der Waals surface area contributed by atoms with E-state index in [1.807, 2.05) is 0 Å². The van der Waals surface area contributed by atoms with Crippen LogP contribution < -0.4 is 5.32 Å². The largest absolute Gasteiger partial charge is 0.463 e. The van der Waals surface area contributed by atoms with Gasteiger partial charge in [0, 0.05) is 7.05 Å². The zero-order valence-electron chi connectivity index (χ0n) is 11.5. The van der Waals surface area contributed by atoms with Crippen molar-refractivity contribution < 1.29 is 18.7 Å². The summed E-state index contributed by atoms with van der Waals surface area (Å²) in [5.41, 5.74) is 0. The molecule has 112 valence electrons. The Balaban J connectivity index is 1.77. The first-order valence-corrected chi connectivity index (χ1v) is 6.99. The molecule has 2 heterocycles. The van der Waals surface area contributed by atoms with Crippen LogP contribution in [0.2, 0.25) is 0 Å². The lowest BCUT2D eigenvalue weighted by atomic mass is 10.4. The lowest BCUT2D eigenvalue weighted by Gasteiger charge is -2.03. The molecule has 2 rings (SSSR count). The standard InChI is InChI=1S/C12H14N4O4S/c1-16-7-14-15-12(16)21-6-10(17)13-5-8-3-4-9(20-8)11(18)19-2/h3-4,7H,5-6H2,1-2H3,(H,13,17). The Kier molecular flexibility index (Phi) is 4.99. The molecule has 0 fully saturated rings. The Morgan fingerprint density at radius 3 is 2.95 bits per heavy atom. The van der Waals surface area contributed by atoms with Crippen molar-refractivity contribution >= 4 is 23.6 Å². The molecule has 1 amide bonds. The monoisotopic (exact) mass is 310 g/mol. The smallest absolute Gasteiger partial charge is 0.373 e. The van der Waals surface area contributed by atoms with Gasteiger partial charge in [-0.2, -0.15) is 0 Å². The Morgan fingerprint density at radius 2 is 2.29 bits per heavy atom. The Labute approximate surface area is 124 Å². The van der Waals surface area contributed by atoms with Crippen LogP contribution in [0.1, 0.15) is 16.3 Å². The highest BCUT2D eigenvalue weighted by Crippen LogP contribution is 2.13. The average Bonchev–Trinajstić information content (AvgIpc) is 3.11. The van der Waals surface area contributed by atoms with E-state index in [4.69, 9.17) is 4.42 Å². The van der Waals surface area contributed by atoms with Gasteiger partial charge in [-0.15, -0.1) is 10.2 Å². The highest BCUT2D eigenvalue weighted by molar-refractivity contribution is 7.99. The van der Waals surface area contributed by atoms with Gasteiger partial charge in [0.25, 0.3) is 0 Å². The highest BCUT2D eigenvalue weighted by Gasteiger charge is 2.12. The minimum absolute atomic E-state index is 0.107. The Morgan fingerprint density at radius 1 is 1.48 bits per heavy atom. The summed E-state index contributed by atoms with van der Waals surface area (Å²) in [6.45, 7) is 0.204. The van der Waals surface area contributed by atoms with Gasteiger partial charge in [0.15, 0.2) is 5.16 Å². The van der Waals surface area contributed by atoms with E-state index in [2.05, 4.69) is 20.3 Å². The van der Waals surface area contributed by atoms with E-state index in [0.717, 1.165) is 0 Å². The van der Waals surface area contributed by atoms with Crippen molar-refractivity contribution in [3.63, 3.8) is 0 Å². The van der Waals surface area contributed by atoms with Gasteiger partial charge in [0.1, 0.15) is 12.1 Å². The van der Waals surface area contributed by atoms with Gasteiger partial charge < -0.3 is 19.0 Å². The van der Waals surface area contributed by atoms with E-state index in [0.29, 0.717) is 10.9 Å². The quantitative estimate of drug-likeness (QED) is 0.616. The molecule has 0 spiro atoms. The van der Waals surface area contributed by atoms with E-state index in [1.165, 1.54) is 24.9 Å². The van der Waals surface area contributed by atoms with E-state index in [1.54, 1.807) is 24.0 Å². The van der Waals surface area contributed by atoms with Crippen molar-refractivity contribution in [2.45, 2.75) is 11.7 Å². The fourth-order valence-corrected chi connectivity index (χ4v) is 2.17. The van der Waals surface area contributed by atoms with Crippen LogP contribution in [0.25, 0.3) is 0 Å². The van der Waals surface area contributed by atoms with Crippen LogP contribution in [-0.4, -0.2) is 39.5 Å². The minimum Gasteiger partial charge on any atom is -0.463 e. The normalized spacial score (nSPS) is 10.4. The van der Waals surface area contributed by atoms with E-state index in [9.17, 15) is 9.59 Å². The van der Waals surface area contributed by atoms with Crippen LogP contribution in [0.4, 0.5) is 0 Å². The first-order valence-electron chi connectivity index (χ1n) is 6.00. The third-order valence-corrected chi connectivity index (χ3v) is 3.54. The van der Waals surface area contributed by atoms with Crippen molar-refractivity contribution in [2.24, 2.45) is 7.05 Å². The predicted octanol–water partition coefficient (Wildman–Crippen LogP) is 0.603. The fourth-order valence-electron chi connectivity index (χ4n) is 1.45. The molecule has 0 saturated heterocycles. The zero-order valence-corrected chi connectivity index (χ0v) is 12.3. The van der Waals surface area contributed by atoms with Gasteiger partial charge >= 0.3 is 5.97 Å². The summed E-state index contributed by atoms with van der Waals surface area (Å²) in [6.07, 6.45) is 1.57. The molecule has 9 heteroatoms. The first-order chi connectivity index (χ1) is 10.1. The number of esters is 1. The molecule has 1 N–H and O–H groups in total. The molecule has 0 aromatic carbocycles. The van der Waals surface area contributed by atoms with Crippen LogP contribution in [0.15, 0.2) is 28.0 Å². The summed E-state index contributed by atoms with van der Waals surface area (Å²) in [4.78, 5) is 22.9. The van der Waals surface area contributed by atoms with E-state index < -0.39 is 5.97 Å². The van der Waals surface area contributed by atoms with Gasteiger partial charge in [-0.25, -0.2) is 4.79 Å². The number of carbonyl (C=O) groups excluding carboxylic acids is 2. The number of aryl methyl sites for hydroxylation is 1. The van der Waals surface area contributed by atoms with Gasteiger partial charge in [-0.05, 0) is 12.1 Å². The molecular formula is C12H14N4O4S. The molecule has 0 atom stereocenters. The number of aromatic nitrogens is 3. The number of hydrogen-bond donors (Lipinski definition) is 1. The third kappa shape index (κ3) is 4.09. The molecule has 0 aliphatic rings. The van der Waals surface area contributed by atoms with Gasteiger partial charge in [0.2, 0.25) is 11.7 Å². The molecule has 0 aliphatic heterocycles. The molecule has 0 saturated carbocycles. The number of ether oxygens (including phenoxy) is 1. The van der Waals surface area contributed by atoms with Crippen molar-refractivity contribution in [1.82, 2.24) is 20.1 Å². The predicted molar refractivity (Wildman–Crippen MR) is 73.6 cm³/mol. The summed E-state index contributed by atoms with van der Waals surface area (Å²) in [7, 11) is 3.08. The lowest BCUT2D eigenvalue weighted by molar-refractivity contribution is -0.118. The van der Waals surface area contributed by atoms with Crippen molar-refractivity contribution in [2.75, 3.05) is 12.9 Å². The van der Waals surface area contributed by atoms with Crippen LogP contribution in [-0.2, 0) is 23.1 Å². The van der Waals surface area contributed by atoms with Crippen molar-refractivity contribution in [3.8, 4) is 0 Å². The molecule has 2 aromatic heterocycles. The topological polar surface area (TPSA) is 99.2 Å².